The fourth-order valence-corrected chi connectivity index (χ4v) is 3.25. The number of para-hydroxylation sites is 1. The van der Waals surface area contributed by atoms with Crippen LogP contribution < -0.4 is 5.32 Å². The Bertz CT molecular complexity index is 1020. The Morgan fingerprint density at radius 2 is 1.60 bits per heavy atom. The molecule has 3 heteroatoms. The number of aryl methyl sites for hydroxylation is 1. The molecule has 1 aromatic heterocycles. The molecule has 0 aliphatic carbocycles. The number of hydrogen-bond donors (Lipinski definition) is 2. The predicted molar refractivity (Wildman–Crippen MR) is 104 cm³/mol. The third-order valence-corrected chi connectivity index (χ3v) is 4.50. The van der Waals surface area contributed by atoms with E-state index in [0.29, 0.717) is 6.42 Å². The summed E-state index contributed by atoms with van der Waals surface area (Å²) in [6, 6.07) is 24.5. The maximum atomic E-state index is 12.2. The van der Waals surface area contributed by atoms with Crippen molar-refractivity contribution in [1.29, 1.82) is 0 Å². The van der Waals surface area contributed by atoms with Gasteiger partial charge in [0.2, 0.25) is 5.91 Å². The molecule has 0 aliphatic heterocycles. The van der Waals surface area contributed by atoms with Gasteiger partial charge in [0.05, 0.1) is 0 Å². The average molecular weight is 328 g/mol. The zero-order chi connectivity index (χ0) is 17.1. The van der Waals surface area contributed by atoms with Crippen molar-refractivity contribution in [3.63, 3.8) is 0 Å². The summed E-state index contributed by atoms with van der Waals surface area (Å²) < 4.78 is 0. The Hall–Kier alpha value is -3.07. The first-order chi connectivity index (χ1) is 12.3. The quantitative estimate of drug-likeness (QED) is 0.514. The number of aromatic amines is 1. The first-order valence-corrected chi connectivity index (χ1v) is 8.64. The van der Waals surface area contributed by atoms with Gasteiger partial charge in [-0.05, 0) is 42.7 Å². The zero-order valence-corrected chi connectivity index (χ0v) is 14.0. The molecule has 0 radical (unpaired) electrons. The van der Waals surface area contributed by atoms with Gasteiger partial charge in [-0.15, -0.1) is 0 Å². The Morgan fingerprint density at radius 1 is 0.840 bits per heavy atom. The highest BCUT2D eigenvalue weighted by Crippen LogP contribution is 2.27. The molecule has 4 rings (SSSR count). The topological polar surface area (TPSA) is 44.9 Å². The summed E-state index contributed by atoms with van der Waals surface area (Å²) >= 11 is 0. The highest BCUT2D eigenvalue weighted by Gasteiger charge is 2.07. The summed E-state index contributed by atoms with van der Waals surface area (Å²) in [4.78, 5) is 15.6. The summed E-state index contributed by atoms with van der Waals surface area (Å²) in [6.07, 6.45) is 2.31. The van der Waals surface area contributed by atoms with E-state index in [1.807, 2.05) is 48.5 Å². The van der Waals surface area contributed by atoms with Gasteiger partial charge in [-0.1, -0.05) is 48.5 Å². The normalized spacial score (nSPS) is 11.0. The van der Waals surface area contributed by atoms with Gasteiger partial charge in [0.1, 0.15) is 0 Å². The largest absolute Gasteiger partial charge is 0.355 e. The fourth-order valence-electron chi connectivity index (χ4n) is 3.25. The Kier molecular flexibility index (Phi) is 4.21. The van der Waals surface area contributed by atoms with Crippen molar-refractivity contribution in [1.82, 2.24) is 4.98 Å². The molecule has 124 valence electrons. The number of carbonyl (C=O) groups is 1. The van der Waals surface area contributed by atoms with E-state index < -0.39 is 0 Å². The first kappa shape index (κ1) is 15.5. The van der Waals surface area contributed by atoms with E-state index in [1.165, 1.54) is 10.9 Å². The van der Waals surface area contributed by atoms with Crippen molar-refractivity contribution in [3.8, 4) is 0 Å². The molecule has 0 unspecified atom stereocenters. The number of rotatable bonds is 5. The van der Waals surface area contributed by atoms with E-state index in [1.54, 1.807) is 0 Å². The average Bonchev–Trinajstić information content (AvgIpc) is 3.01. The second-order valence-electron chi connectivity index (χ2n) is 6.32. The van der Waals surface area contributed by atoms with E-state index in [0.717, 1.165) is 34.9 Å². The van der Waals surface area contributed by atoms with E-state index in [2.05, 4.69) is 34.6 Å². The number of anilines is 1. The van der Waals surface area contributed by atoms with Crippen molar-refractivity contribution in [2.24, 2.45) is 0 Å². The van der Waals surface area contributed by atoms with Crippen LogP contribution in [0, 0.1) is 0 Å². The highest BCUT2D eigenvalue weighted by atomic mass is 16.1. The van der Waals surface area contributed by atoms with Gasteiger partial charge in [-0.25, -0.2) is 0 Å². The summed E-state index contributed by atoms with van der Waals surface area (Å²) in [5.74, 6) is 0.0649. The van der Waals surface area contributed by atoms with Gasteiger partial charge in [-0.3, -0.25) is 4.79 Å². The summed E-state index contributed by atoms with van der Waals surface area (Å²) in [5.41, 5.74) is 4.32. The molecule has 4 aromatic rings. The summed E-state index contributed by atoms with van der Waals surface area (Å²) in [7, 11) is 0. The van der Waals surface area contributed by atoms with Crippen molar-refractivity contribution in [2.45, 2.75) is 19.3 Å². The maximum Gasteiger partial charge on any atom is 0.224 e. The van der Waals surface area contributed by atoms with Crippen LogP contribution in [-0.4, -0.2) is 10.9 Å². The Morgan fingerprint density at radius 3 is 2.48 bits per heavy atom. The molecule has 2 N–H and O–H groups in total. The molecule has 1 heterocycles. The third kappa shape index (κ3) is 3.41. The lowest BCUT2D eigenvalue weighted by atomic mass is 10.1. The second kappa shape index (κ2) is 6.81. The van der Waals surface area contributed by atoms with Crippen LogP contribution in [0.5, 0.6) is 0 Å². The van der Waals surface area contributed by atoms with Gasteiger partial charge in [0, 0.05) is 33.9 Å². The number of nitrogens with one attached hydrogen (secondary N) is 2. The lowest BCUT2D eigenvalue weighted by Gasteiger charge is -2.06. The molecule has 0 bridgehead atoms. The molecular formula is C22H20N2O. The summed E-state index contributed by atoms with van der Waals surface area (Å²) in [6.45, 7) is 0. The SMILES string of the molecule is O=C(CCCc1ccccc1)Nc1ccc2[nH]c3ccccc3c2c1. The van der Waals surface area contributed by atoms with E-state index in [4.69, 9.17) is 0 Å². The van der Waals surface area contributed by atoms with Crippen LogP contribution in [0.15, 0.2) is 72.8 Å². The molecule has 25 heavy (non-hydrogen) atoms. The molecule has 0 saturated heterocycles. The molecule has 0 aliphatic rings. The van der Waals surface area contributed by atoms with Crippen LogP contribution in [0.3, 0.4) is 0 Å². The number of hydrogen-bond acceptors (Lipinski definition) is 1. The van der Waals surface area contributed by atoms with Gasteiger partial charge >= 0.3 is 0 Å². The molecular weight excluding hydrogens is 308 g/mol. The number of benzene rings is 3. The van der Waals surface area contributed by atoms with Gasteiger partial charge < -0.3 is 10.3 Å². The lowest BCUT2D eigenvalue weighted by molar-refractivity contribution is -0.116. The number of aromatic nitrogens is 1. The number of fused-ring (bicyclic) bond motifs is 3. The Labute approximate surface area is 146 Å². The molecule has 1 amide bonds. The first-order valence-electron chi connectivity index (χ1n) is 8.64. The fraction of sp³-hybridized carbons (Fsp3) is 0.136. The van der Waals surface area contributed by atoms with Crippen LogP contribution in [0.1, 0.15) is 18.4 Å². The van der Waals surface area contributed by atoms with Crippen LogP contribution in [-0.2, 0) is 11.2 Å². The minimum Gasteiger partial charge on any atom is -0.355 e. The zero-order valence-electron chi connectivity index (χ0n) is 14.0. The van der Waals surface area contributed by atoms with Crippen molar-refractivity contribution >= 4 is 33.4 Å². The van der Waals surface area contributed by atoms with Crippen LogP contribution >= 0.6 is 0 Å². The smallest absolute Gasteiger partial charge is 0.224 e. The van der Waals surface area contributed by atoms with E-state index in [-0.39, 0.29) is 5.91 Å². The Balaban J connectivity index is 1.43. The molecule has 3 aromatic carbocycles. The highest BCUT2D eigenvalue weighted by molar-refractivity contribution is 6.08. The molecule has 0 saturated carbocycles. The minimum absolute atomic E-state index is 0.0649. The van der Waals surface area contributed by atoms with Gasteiger partial charge in [-0.2, -0.15) is 0 Å². The van der Waals surface area contributed by atoms with Crippen LogP contribution in [0.4, 0.5) is 5.69 Å². The second-order valence-corrected chi connectivity index (χ2v) is 6.32. The monoisotopic (exact) mass is 328 g/mol. The maximum absolute atomic E-state index is 12.2. The van der Waals surface area contributed by atoms with Crippen molar-refractivity contribution < 1.29 is 4.79 Å². The summed E-state index contributed by atoms with van der Waals surface area (Å²) in [5, 5.41) is 5.34. The molecule has 0 fully saturated rings. The van der Waals surface area contributed by atoms with Gasteiger partial charge in [0.25, 0.3) is 0 Å². The lowest BCUT2D eigenvalue weighted by Crippen LogP contribution is -2.11. The van der Waals surface area contributed by atoms with E-state index in [9.17, 15) is 4.79 Å². The number of H-pyrrole nitrogens is 1. The van der Waals surface area contributed by atoms with Crippen molar-refractivity contribution in [2.75, 3.05) is 5.32 Å². The van der Waals surface area contributed by atoms with Crippen molar-refractivity contribution in [3.05, 3.63) is 78.4 Å². The van der Waals surface area contributed by atoms with Gasteiger partial charge in [0.15, 0.2) is 0 Å². The van der Waals surface area contributed by atoms with E-state index >= 15 is 0 Å². The molecule has 3 nitrogen and oxygen atoms in total. The third-order valence-electron chi connectivity index (χ3n) is 4.50. The minimum atomic E-state index is 0.0649. The predicted octanol–water partition coefficient (Wildman–Crippen LogP) is 5.28. The van der Waals surface area contributed by atoms with Crippen LogP contribution in [0.2, 0.25) is 0 Å². The standard InChI is InChI=1S/C22H20N2O/c25-22(12-6-9-16-7-2-1-3-8-16)23-17-13-14-21-19(15-17)18-10-4-5-11-20(18)24-21/h1-5,7-8,10-11,13-15,24H,6,9,12H2,(H,23,25). The number of carbonyl (C=O) groups excluding carboxylic acids is 1. The molecule has 0 spiro atoms. The number of amides is 1. The van der Waals surface area contributed by atoms with Crippen LogP contribution in [0.25, 0.3) is 21.8 Å². The molecule has 0 atom stereocenters.